The second-order valence-electron chi connectivity index (χ2n) is 6.08. The highest BCUT2D eigenvalue weighted by molar-refractivity contribution is 5.83. The fraction of sp³-hybridized carbons (Fsp3) is 0.0909. The minimum Gasteiger partial charge on any atom is -0.482 e. The minimum atomic E-state index is -0.403. The molecule has 0 radical (unpaired) electrons. The van der Waals surface area contributed by atoms with E-state index in [0.29, 0.717) is 5.75 Å². The molecule has 0 saturated heterocycles. The number of fused-ring (bicyclic) bond motifs is 1. The molecule has 27 heavy (non-hydrogen) atoms. The van der Waals surface area contributed by atoms with E-state index in [1.807, 2.05) is 79.0 Å². The standard InChI is InChI=1S/C22H18N2O3/c25-22(16-26-21-11-8-18-4-1-2-5-19(18)14-21)27-15-17-6-9-20(10-7-17)24-13-3-12-23-24/h1-14H,15-16H2. The van der Waals surface area contributed by atoms with Gasteiger partial charge in [0.25, 0.3) is 0 Å². The lowest BCUT2D eigenvalue weighted by Gasteiger charge is -2.08. The van der Waals surface area contributed by atoms with Crippen LogP contribution >= 0.6 is 0 Å². The van der Waals surface area contributed by atoms with Gasteiger partial charge < -0.3 is 9.47 Å². The van der Waals surface area contributed by atoms with Crippen LogP contribution in [0.2, 0.25) is 0 Å². The molecule has 0 N–H and O–H groups in total. The molecular weight excluding hydrogens is 340 g/mol. The van der Waals surface area contributed by atoms with Gasteiger partial charge in [0, 0.05) is 12.4 Å². The van der Waals surface area contributed by atoms with Crippen molar-refractivity contribution >= 4 is 16.7 Å². The van der Waals surface area contributed by atoms with E-state index in [1.165, 1.54) is 0 Å². The minimum absolute atomic E-state index is 0.121. The molecule has 0 saturated carbocycles. The molecule has 134 valence electrons. The Hall–Kier alpha value is -3.60. The Bertz CT molecular complexity index is 1040. The summed E-state index contributed by atoms with van der Waals surface area (Å²) in [5.74, 6) is 0.244. The Morgan fingerprint density at radius 2 is 1.74 bits per heavy atom. The number of ether oxygens (including phenoxy) is 2. The van der Waals surface area contributed by atoms with Crippen molar-refractivity contribution in [1.82, 2.24) is 9.78 Å². The molecule has 0 atom stereocenters. The molecular formula is C22H18N2O3. The summed E-state index contributed by atoms with van der Waals surface area (Å²) in [7, 11) is 0. The average molecular weight is 358 g/mol. The first-order chi connectivity index (χ1) is 13.3. The highest BCUT2D eigenvalue weighted by Gasteiger charge is 2.06. The number of hydrogen-bond acceptors (Lipinski definition) is 4. The zero-order valence-corrected chi connectivity index (χ0v) is 14.6. The van der Waals surface area contributed by atoms with Crippen LogP contribution in [0.3, 0.4) is 0 Å². The predicted octanol–water partition coefficient (Wildman–Crippen LogP) is 4.15. The van der Waals surface area contributed by atoms with Crippen molar-refractivity contribution in [3.8, 4) is 11.4 Å². The van der Waals surface area contributed by atoms with Gasteiger partial charge in [-0.3, -0.25) is 0 Å². The molecule has 0 unspecified atom stereocenters. The first-order valence-corrected chi connectivity index (χ1v) is 8.64. The summed E-state index contributed by atoms with van der Waals surface area (Å²) < 4.78 is 12.6. The van der Waals surface area contributed by atoms with Crippen LogP contribution in [-0.2, 0) is 16.1 Å². The highest BCUT2D eigenvalue weighted by atomic mass is 16.6. The van der Waals surface area contributed by atoms with Crippen molar-refractivity contribution in [2.45, 2.75) is 6.61 Å². The van der Waals surface area contributed by atoms with E-state index < -0.39 is 5.97 Å². The second-order valence-corrected chi connectivity index (χ2v) is 6.08. The quantitative estimate of drug-likeness (QED) is 0.486. The van der Waals surface area contributed by atoms with Crippen LogP contribution in [0, 0.1) is 0 Å². The Balaban J connectivity index is 1.29. The highest BCUT2D eigenvalue weighted by Crippen LogP contribution is 2.20. The average Bonchev–Trinajstić information content (AvgIpc) is 3.26. The Kier molecular flexibility index (Phi) is 4.83. The Labute approximate surface area is 156 Å². The smallest absolute Gasteiger partial charge is 0.344 e. The van der Waals surface area contributed by atoms with E-state index in [0.717, 1.165) is 22.0 Å². The van der Waals surface area contributed by atoms with Crippen LogP contribution in [0.15, 0.2) is 85.2 Å². The maximum atomic E-state index is 11.9. The fourth-order valence-corrected chi connectivity index (χ4v) is 2.77. The zero-order valence-electron chi connectivity index (χ0n) is 14.6. The molecule has 4 aromatic rings. The molecule has 1 aromatic heterocycles. The van der Waals surface area contributed by atoms with E-state index in [9.17, 15) is 4.79 Å². The summed E-state index contributed by atoms with van der Waals surface area (Å²) >= 11 is 0. The SMILES string of the molecule is O=C(COc1ccc2ccccc2c1)OCc1ccc(-n2cccn2)cc1. The third kappa shape index (κ3) is 4.15. The first-order valence-electron chi connectivity index (χ1n) is 8.64. The molecule has 4 rings (SSSR count). The molecule has 5 nitrogen and oxygen atoms in total. The van der Waals surface area contributed by atoms with Crippen molar-refractivity contribution in [1.29, 1.82) is 0 Å². The molecule has 0 bridgehead atoms. The number of carbonyl (C=O) groups excluding carboxylic acids is 1. The van der Waals surface area contributed by atoms with Gasteiger partial charge in [0.2, 0.25) is 0 Å². The van der Waals surface area contributed by atoms with Crippen LogP contribution in [0.1, 0.15) is 5.56 Å². The van der Waals surface area contributed by atoms with E-state index >= 15 is 0 Å². The summed E-state index contributed by atoms with van der Waals surface area (Å²) in [5, 5.41) is 6.38. The number of carbonyl (C=O) groups is 1. The molecule has 0 aliphatic heterocycles. The zero-order chi connectivity index (χ0) is 18.5. The van der Waals surface area contributed by atoms with Crippen LogP contribution in [0.5, 0.6) is 5.75 Å². The van der Waals surface area contributed by atoms with Gasteiger partial charge in [0.1, 0.15) is 12.4 Å². The predicted molar refractivity (Wildman–Crippen MR) is 103 cm³/mol. The Morgan fingerprint density at radius 1 is 0.926 bits per heavy atom. The van der Waals surface area contributed by atoms with Crippen LogP contribution in [0.4, 0.5) is 0 Å². The van der Waals surface area contributed by atoms with Gasteiger partial charge in [-0.1, -0.05) is 42.5 Å². The maximum absolute atomic E-state index is 11.9. The van der Waals surface area contributed by atoms with Crippen LogP contribution < -0.4 is 4.74 Å². The molecule has 0 amide bonds. The number of aromatic nitrogens is 2. The lowest BCUT2D eigenvalue weighted by atomic mass is 10.1. The van der Waals surface area contributed by atoms with Gasteiger partial charge in [-0.2, -0.15) is 5.10 Å². The molecule has 0 fully saturated rings. The largest absolute Gasteiger partial charge is 0.482 e. The second kappa shape index (κ2) is 7.74. The molecule has 5 heteroatoms. The van der Waals surface area contributed by atoms with Gasteiger partial charge in [-0.15, -0.1) is 0 Å². The van der Waals surface area contributed by atoms with Crippen LogP contribution in [0.25, 0.3) is 16.5 Å². The Morgan fingerprint density at radius 3 is 2.52 bits per heavy atom. The fourth-order valence-electron chi connectivity index (χ4n) is 2.77. The van der Waals surface area contributed by atoms with Gasteiger partial charge in [-0.05, 0) is 46.7 Å². The third-order valence-electron chi connectivity index (χ3n) is 4.18. The van der Waals surface area contributed by atoms with E-state index in [1.54, 1.807) is 10.9 Å². The summed E-state index contributed by atoms with van der Waals surface area (Å²) in [5.41, 5.74) is 1.86. The summed E-state index contributed by atoms with van der Waals surface area (Å²) in [6.07, 6.45) is 3.60. The van der Waals surface area contributed by atoms with Crippen molar-refractivity contribution in [3.05, 3.63) is 90.8 Å². The lowest BCUT2D eigenvalue weighted by molar-refractivity contribution is -0.147. The summed E-state index contributed by atoms with van der Waals surface area (Å²) in [4.78, 5) is 11.9. The number of esters is 1. The number of rotatable bonds is 6. The topological polar surface area (TPSA) is 53.4 Å². The van der Waals surface area contributed by atoms with Crippen molar-refractivity contribution in [2.75, 3.05) is 6.61 Å². The summed E-state index contributed by atoms with van der Waals surface area (Å²) in [6, 6.07) is 23.3. The van der Waals surface area contributed by atoms with Gasteiger partial charge in [0.05, 0.1) is 5.69 Å². The first kappa shape index (κ1) is 16.8. The number of hydrogen-bond donors (Lipinski definition) is 0. The van der Waals surface area contributed by atoms with Gasteiger partial charge >= 0.3 is 5.97 Å². The van der Waals surface area contributed by atoms with E-state index in [4.69, 9.17) is 9.47 Å². The lowest BCUT2D eigenvalue weighted by Crippen LogP contribution is -2.14. The van der Waals surface area contributed by atoms with Gasteiger partial charge in [0.15, 0.2) is 6.61 Å². The maximum Gasteiger partial charge on any atom is 0.344 e. The third-order valence-corrected chi connectivity index (χ3v) is 4.18. The van der Waals surface area contributed by atoms with Gasteiger partial charge in [-0.25, -0.2) is 9.48 Å². The molecule has 0 aliphatic carbocycles. The van der Waals surface area contributed by atoms with E-state index in [-0.39, 0.29) is 13.2 Å². The number of benzene rings is 3. The van der Waals surface area contributed by atoms with Crippen molar-refractivity contribution in [3.63, 3.8) is 0 Å². The molecule has 0 spiro atoms. The summed E-state index contributed by atoms with van der Waals surface area (Å²) in [6.45, 7) is 0.0863. The van der Waals surface area contributed by atoms with Crippen LogP contribution in [-0.4, -0.2) is 22.4 Å². The van der Waals surface area contributed by atoms with Crippen molar-refractivity contribution < 1.29 is 14.3 Å². The monoisotopic (exact) mass is 358 g/mol. The van der Waals surface area contributed by atoms with E-state index in [2.05, 4.69) is 5.10 Å². The molecule has 3 aromatic carbocycles. The van der Waals surface area contributed by atoms with Crippen molar-refractivity contribution in [2.24, 2.45) is 0 Å². The molecule has 0 aliphatic rings. The molecule has 1 heterocycles. The number of nitrogens with zero attached hydrogens (tertiary/aromatic N) is 2. The normalized spacial score (nSPS) is 10.7.